The minimum atomic E-state index is -0.575. The van der Waals surface area contributed by atoms with Crippen LogP contribution in [0.15, 0.2) is 18.2 Å². The molecule has 1 aromatic rings. The van der Waals surface area contributed by atoms with E-state index in [2.05, 4.69) is 0 Å². The van der Waals surface area contributed by atoms with Gasteiger partial charge in [0.05, 0.1) is 12.7 Å². The first-order valence-corrected chi connectivity index (χ1v) is 8.60. The third kappa shape index (κ3) is 5.53. The largest absolute Gasteiger partial charge is 0.496 e. The molecule has 1 amide bonds. The lowest BCUT2D eigenvalue weighted by Crippen LogP contribution is -2.44. The van der Waals surface area contributed by atoms with E-state index in [0.717, 1.165) is 0 Å². The fourth-order valence-electron chi connectivity index (χ4n) is 2.58. The Hall–Kier alpha value is -1.95. The highest BCUT2D eigenvalue weighted by Gasteiger charge is 2.27. The Labute approximate surface area is 153 Å². The molecule has 1 aromatic carbocycles. The predicted molar refractivity (Wildman–Crippen MR) is 94.6 cm³/mol. The maximum atomic E-state index is 12.1. The number of carbonyl (C=O) groups is 2. The van der Waals surface area contributed by atoms with E-state index in [1.165, 1.54) is 7.11 Å². The Morgan fingerprint density at radius 1 is 1.20 bits per heavy atom. The van der Waals surface area contributed by atoms with E-state index in [4.69, 9.17) is 25.8 Å². The fraction of sp³-hybridized carbons (Fsp3) is 0.556. The summed E-state index contributed by atoms with van der Waals surface area (Å²) in [7, 11) is 1.47. The molecule has 0 unspecified atom stereocenters. The molecule has 1 fully saturated rings. The molecule has 138 valence electrons. The molecular weight excluding hydrogens is 346 g/mol. The van der Waals surface area contributed by atoms with E-state index < -0.39 is 10.8 Å². The van der Waals surface area contributed by atoms with Gasteiger partial charge in [-0.15, -0.1) is 0 Å². The van der Waals surface area contributed by atoms with Crippen LogP contribution in [0.5, 0.6) is 11.5 Å². The summed E-state index contributed by atoms with van der Waals surface area (Å²) in [4.78, 5) is 25.1. The van der Waals surface area contributed by atoms with Crippen molar-refractivity contribution in [2.75, 3.05) is 20.2 Å². The lowest BCUT2D eigenvalue weighted by molar-refractivity contribution is 0.0126. The van der Waals surface area contributed by atoms with Crippen LogP contribution in [0.1, 0.15) is 44.0 Å². The lowest BCUT2D eigenvalue weighted by Gasteiger charge is -2.33. The molecule has 0 bridgehead atoms. The van der Waals surface area contributed by atoms with E-state index >= 15 is 0 Å². The second-order valence-electron chi connectivity index (χ2n) is 6.92. The molecule has 0 N–H and O–H groups in total. The topological polar surface area (TPSA) is 65.1 Å². The van der Waals surface area contributed by atoms with Crippen molar-refractivity contribution < 1.29 is 23.8 Å². The number of hydrogen-bond donors (Lipinski definition) is 0. The number of rotatable bonds is 4. The zero-order chi connectivity index (χ0) is 18.6. The Bertz CT molecular complexity index is 633. The van der Waals surface area contributed by atoms with Crippen LogP contribution < -0.4 is 9.47 Å². The van der Waals surface area contributed by atoms with Gasteiger partial charge in [-0.25, -0.2) is 4.79 Å². The van der Waals surface area contributed by atoms with Crippen molar-refractivity contribution in [3.63, 3.8) is 0 Å². The van der Waals surface area contributed by atoms with Gasteiger partial charge in [0.1, 0.15) is 23.2 Å². The van der Waals surface area contributed by atoms with Gasteiger partial charge >= 0.3 is 6.09 Å². The summed E-state index contributed by atoms with van der Waals surface area (Å²) < 4.78 is 16.5. The van der Waals surface area contributed by atoms with E-state index in [0.29, 0.717) is 43.0 Å². The average Bonchev–Trinajstić information content (AvgIpc) is 2.53. The number of likely N-dealkylation sites (tertiary alicyclic amines) is 1. The van der Waals surface area contributed by atoms with Gasteiger partial charge in [0.15, 0.2) is 0 Å². The van der Waals surface area contributed by atoms with Gasteiger partial charge in [0.25, 0.3) is 5.24 Å². The number of halogens is 1. The molecule has 7 heteroatoms. The molecule has 0 aliphatic carbocycles. The van der Waals surface area contributed by atoms with E-state index in [9.17, 15) is 9.59 Å². The van der Waals surface area contributed by atoms with E-state index in [1.807, 2.05) is 20.8 Å². The molecule has 0 atom stereocenters. The lowest BCUT2D eigenvalue weighted by atomic mass is 10.1. The molecule has 0 spiro atoms. The Kier molecular flexibility index (Phi) is 6.16. The van der Waals surface area contributed by atoms with Crippen LogP contribution >= 0.6 is 11.6 Å². The smallest absolute Gasteiger partial charge is 0.410 e. The minimum Gasteiger partial charge on any atom is -0.496 e. The molecule has 1 heterocycles. The maximum absolute atomic E-state index is 12.1. The van der Waals surface area contributed by atoms with Gasteiger partial charge in [-0.05, 0) is 44.5 Å². The third-order valence-electron chi connectivity index (χ3n) is 3.78. The first-order valence-electron chi connectivity index (χ1n) is 8.22. The van der Waals surface area contributed by atoms with Crippen molar-refractivity contribution in [1.29, 1.82) is 0 Å². The Morgan fingerprint density at radius 3 is 2.36 bits per heavy atom. The van der Waals surface area contributed by atoms with Crippen molar-refractivity contribution in [1.82, 2.24) is 4.90 Å². The molecule has 1 aliphatic rings. The number of benzene rings is 1. The summed E-state index contributed by atoms with van der Waals surface area (Å²) in [5, 5.41) is -0.575. The standard InChI is InChI=1S/C18H24ClNO5/c1-18(2,3)25-17(22)20-9-7-12(8-10-20)24-13-5-6-14(16(19)21)15(11-13)23-4/h5-6,11-12H,7-10H2,1-4H3. The van der Waals surface area contributed by atoms with Crippen LogP contribution in [0.2, 0.25) is 0 Å². The van der Waals surface area contributed by atoms with Crippen molar-refractivity contribution >= 4 is 22.9 Å². The molecule has 0 aromatic heterocycles. The maximum Gasteiger partial charge on any atom is 0.410 e. The molecular formula is C18H24ClNO5. The van der Waals surface area contributed by atoms with Crippen LogP contribution in [0.25, 0.3) is 0 Å². The SMILES string of the molecule is COc1cc(OC2CCN(C(=O)OC(C)(C)C)CC2)ccc1C(=O)Cl. The zero-order valence-electron chi connectivity index (χ0n) is 15.0. The summed E-state index contributed by atoms with van der Waals surface area (Å²) in [5.74, 6) is 0.984. The molecule has 0 saturated carbocycles. The van der Waals surface area contributed by atoms with E-state index in [1.54, 1.807) is 23.1 Å². The second kappa shape index (κ2) is 7.95. The van der Waals surface area contributed by atoms with Gasteiger partial charge < -0.3 is 19.1 Å². The summed E-state index contributed by atoms with van der Waals surface area (Å²) >= 11 is 5.51. The quantitative estimate of drug-likeness (QED) is 0.754. The van der Waals surface area contributed by atoms with Crippen LogP contribution in [-0.4, -0.2) is 48.1 Å². The number of carbonyl (C=O) groups excluding carboxylic acids is 2. The van der Waals surface area contributed by atoms with Gasteiger partial charge in [-0.3, -0.25) is 4.79 Å². The molecule has 2 rings (SSSR count). The highest BCUT2D eigenvalue weighted by atomic mass is 35.5. The van der Waals surface area contributed by atoms with Gasteiger partial charge in [-0.2, -0.15) is 0 Å². The van der Waals surface area contributed by atoms with Crippen molar-refractivity contribution in [3.8, 4) is 11.5 Å². The third-order valence-corrected chi connectivity index (χ3v) is 3.98. The molecule has 6 nitrogen and oxygen atoms in total. The molecule has 1 aliphatic heterocycles. The second-order valence-corrected chi connectivity index (χ2v) is 7.26. The van der Waals surface area contributed by atoms with Crippen molar-refractivity contribution in [3.05, 3.63) is 23.8 Å². The number of methoxy groups -OCH3 is 1. The first kappa shape index (κ1) is 19.4. The molecule has 1 saturated heterocycles. The van der Waals surface area contributed by atoms with Crippen molar-refractivity contribution in [2.24, 2.45) is 0 Å². The van der Waals surface area contributed by atoms with Crippen LogP contribution in [-0.2, 0) is 4.74 Å². The summed E-state index contributed by atoms with van der Waals surface area (Å²) in [6.07, 6.45) is 1.11. The Morgan fingerprint density at radius 2 is 1.84 bits per heavy atom. The number of hydrogen-bond acceptors (Lipinski definition) is 5. The van der Waals surface area contributed by atoms with Crippen LogP contribution in [0.3, 0.4) is 0 Å². The predicted octanol–water partition coefficient (Wildman–Crippen LogP) is 3.85. The zero-order valence-corrected chi connectivity index (χ0v) is 15.8. The average molecular weight is 370 g/mol. The Balaban J connectivity index is 1.92. The number of nitrogens with zero attached hydrogens (tertiary/aromatic N) is 1. The normalized spacial score (nSPS) is 15.6. The number of ether oxygens (including phenoxy) is 3. The number of piperidine rings is 1. The summed E-state index contributed by atoms with van der Waals surface area (Å²) in [6.45, 7) is 6.71. The van der Waals surface area contributed by atoms with Crippen LogP contribution in [0, 0.1) is 0 Å². The summed E-state index contributed by atoms with van der Waals surface area (Å²) in [5.41, 5.74) is -0.195. The van der Waals surface area contributed by atoms with E-state index in [-0.39, 0.29) is 12.2 Å². The monoisotopic (exact) mass is 369 g/mol. The van der Waals surface area contributed by atoms with Gasteiger partial charge in [0.2, 0.25) is 0 Å². The molecule has 25 heavy (non-hydrogen) atoms. The highest BCUT2D eigenvalue weighted by Crippen LogP contribution is 2.28. The summed E-state index contributed by atoms with van der Waals surface area (Å²) in [6, 6.07) is 4.92. The van der Waals surface area contributed by atoms with Gasteiger partial charge in [0, 0.05) is 32.0 Å². The van der Waals surface area contributed by atoms with Gasteiger partial charge in [-0.1, -0.05) is 0 Å². The minimum absolute atomic E-state index is 0.0130. The number of amides is 1. The van der Waals surface area contributed by atoms with Crippen molar-refractivity contribution in [2.45, 2.75) is 45.3 Å². The van der Waals surface area contributed by atoms with Crippen LogP contribution in [0.4, 0.5) is 4.79 Å². The first-order chi connectivity index (χ1) is 11.7. The fourth-order valence-corrected chi connectivity index (χ4v) is 2.74. The highest BCUT2D eigenvalue weighted by molar-refractivity contribution is 6.68. The molecule has 0 radical (unpaired) electrons.